The molecule has 0 saturated carbocycles. The van der Waals surface area contributed by atoms with Crippen LogP contribution in [0.1, 0.15) is 11.1 Å². The molecule has 0 heterocycles. The Hall–Kier alpha value is -1.90. The van der Waals surface area contributed by atoms with Crippen molar-refractivity contribution in [3.63, 3.8) is 0 Å². The summed E-state index contributed by atoms with van der Waals surface area (Å²) in [6, 6.07) is 24.5. The maximum absolute atomic E-state index is 2.40. The average Bonchev–Trinajstić information content (AvgIpc) is 2.55. The van der Waals surface area contributed by atoms with Crippen LogP contribution >= 0.6 is 0 Å². The van der Waals surface area contributed by atoms with E-state index in [0.29, 0.717) is 0 Å². The second kappa shape index (κ2) is 6.92. The highest BCUT2D eigenvalue weighted by atomic mass is 28.3. The van der Waals surface area contributed by atoms with E-state index < -0.39 is 8.07 Å². The summed E-state index contributed by atoms with van der Waals surface area (Å²) >= 11 is 0. The lowest BCUT2D eigenvalue weighted by Gasteiger charge is -2.20. The number of benzene rings is 3. The van der Waals surface area contributed by atoms with Gasteiger partial charge in [0.05, 0.1) is 8.07 Å². The largest absolute Gasteiger partial charge is 0.298 e. The third kappa shape index (κ3) is 3.95. The van der Waals surface area contributed by atoms with Crippen LogP contribution in [0.25, 0.3) is 10.8 Å². The standard InChI is InChI=1S/C22H27NSi/c1-23(16-18-12-14-21(15-13-18)24(2,3)4)17-20-10-7-9-19-8-5-6-11-22(19)20/h5-15H,16-17H2,1-4H3. The SMILES string of the molecule is CN(Cc1ccc([Si](C)(C)C)cc1)Cc1cccc2ccccc12. The smallest absolute Gasteiger partial charge is 0.0775 e. The molecule has 0 saturated heterocycles. The Kier molecular flexibility index (Phi) is 4.88. The zero-order chi connectivity index (χ0) is 17.2. The van der Waals surface area contributed by atoms with Gasteiger partial charge in [-0.2, -0.15) is 0 Å². The van der Waals surface area contributed by atoms with Crippen molar-refractivity contribution in [2.75, 3.05) is 7.05 Å². The van der Waals surface area contributed by atoms with Gasteiger partial charge in [0.15, 0.2) is 0 Å². The molecule has 0 bridgehead atoms. The molecule has 0 aliphatic rings. The highest BCUT2D eigenvalue weighted by molar-refractivity contribution is 6.88. The van der Waals surface area contributed by atoms with Crippen molar-refractivity contribution in [2.24, 2.45) is 0 Å². The third-order valence-electron chi connectivity index (χ3n) is 4.59. The molecule has 3 aromatic carbocycles. The molecule has 24 heavy (non-hydrogen) atoms. The Labute approximate surface area is 147 Å². The summed E-state index contributed by atoms with van der Waals surface area (Å²) in [6.45, 7) is 9.14. The van der Waals surface area contributed by atoms with Gasteiger partial charge in [-0.15, -0.1) is 0 Å². The van der Waals surface area contributed by atoms with Gasteiger partial charge in [-0.3, -0.25) is 4.90 Å². The van der Waals surface area contributed by atoms with Crippen LogP contribution in [-0.2, 0) is 13.1 Å². The zero-order valence-corrected chi connectivity index (χ0v) is 16.2. The molecule has 0 aliphatic heterocycles. The Morgan fingerprint density at radius 3 is 2.12 bits per heavy atom. The summed E-state index contributed by atoms with van der Waals surface area (Å²) in [7, 11) is 1.00. The van der Waals surface area contributed by atoms with Gasteiger partial charge in [0.25, 0.3) is 0 Å². The van der Waals surface area contributed by atoms with E-state index >= 15 is 0 Å². The van der Waals surface area contributed by atoms with E-state index in [1.54, 1.807) is 0 Å². The second-order valence-corrected chi connectivity index (χ2v) is 12.8. The van der Waals surface area contributed by atoms with Crippen LogP contribution in [0.3, 0.4) is 0 Å². The highest BCUT2D eigenvalue weighted by Crippen LogP contribution is 2.20. The van der Waals surface area contributed by atoms with Gasteiger partial charge in [-0.25, -0.2) is 0 Å². The minimum absolute atomic E-state index is 0.969. The van der Waals surface area contributed by atoms with Crippen LogP contribution < -0.4 is 5.19 Å². The van der Waals surface area contributed by atoms with E-state index in [0.717, 1.165) is 13.1 Å². The molecule has 124 valence electrons. The van der Waals surface area contributed by atoms with Crippen LogP contribution in [0.5, 0.6) is 0 Å². The lowest BCUT2D eigenvalue weighted by atomic mass is 10.0. The number of hydrogen-bond donors (Lipinski definition) is 0. The Balaban J connectivity index is 1.72. The topological polar surface area (TPSA) is 3.24 Å². The molecule has 0 N–H and O–H groups in total. The lowest BCUT2D eigenvalue weighted by Crippen LogP contribution is -2.37. The van der Waals surface area contributed by atoms with Crippen LogP contribution in [-0.4, -0.2) is 20.0 Å². The summed E-state index contributed by atoms with van der Waals surface area (Å²) in [6.07, 6.45) is 0. The Morgan fingerprint density at radius 2 is 1.42 bits per heavy atom. The van der Waals surface area contributed by atoms with Crippen molar-refractivity contribution in [3.8, 4) is 0 Å². The van der Waals surface area contributed by atoms with Crippen molar-refractivity contribution in [3.05, 3.63) is 77.9 Å². The molecule has 1 nitrogen and oxygen atoms in total. The van der Waals surface area contributed by atoms with Gasteiger partial charge in [0.2, 0.25) is 0 Å². The van der Waals surface area contributed by atoms with E-state index in [-0.39, 0.29) is 0 Å². The predicted molar refractivity (Wildman–Crippen MR) is 109 cm³/mol. The molecule has 0 amide bonds. The summed E-state index contributed by atoms with van der Waals surface area (Å²) in [5.74, 6) is 0. The quantitative estimate of drug-likeness (QED) is 0.593. The van der Waals surface area contributed by atoms with Crippen molar-refractivity contribution in [1.82, 2.24) is 4.90 Å². The first-order valence-corrected chi connectivity index (χ1v) is 12.2. The zero-order valence-electron chi connectivity index (χ0n) is 15.2. The highest BCUT2D eigenvalue weighted by Gasteiger charge is 2.15. The maximum atomic E-state index is 2.40. The fraction of sp³-hybridized carbons (Fsp3) is 0.273. The first kappa shape index (κ1) is 16.9. The molecule has 0 spiro atoms. The number of rotatable bonds is 5. The molecule has 0 aromatic heterocycles. The Morgan fingerprint density at radius 1 is 0.750 bits per heavy atom. The molecule has 0 atom stereocenters. The van der Waals surface area contributed by atoms with E-state index in [4.69, 9.17) is 0 Å². The van der Waals surface area contributed by atoms with Gasteiger partial charge < -0.3 is 0 Å². The number of nitrogens with zero attached hydrogens (tertiary/aromatic N) is 1. The first-order valence-electron chi connectivity index (χ1n) is 8.68. The van der Waals surface area contributed by atoms with Gasteiger partial charge in [-0.1, -0.05) is 91.6 Å². The fourth-order valence-corrected chi connectivity index (χ4v) is 4.37. The number of fused-ring (bicyclic) bond motifs is 1. The molecule has 2 heteroatoms. The summed E-state index contributed by atoms with van der Waals surface area (Å²) in [5.41, 5.74) is 2.79. The van der Waals surface area contributed by atoms with Crippen LogP contribution in [0.15, 0.2) is 66.7 Å². The average molecular weight is 334 g/mol. The van der Waals surface area contributed by atoms with Gasteiger partial charge in [0.1, 0.15) is 0 Å². The molecule has 0 fully saturated rings. The summed E-state index contributed by atoms with van der Waals surface area (Å²) in [4.78, 5) is 2.39. The van der Waals surface area contributed by atoms with E-state index in [9.17, 15) is 0 Å². The van der Waals surface area contributed by atoms with Crippen LogP contribution in [0.2, 0.25) is 19.6 Å². The fourth-order valence-electron chi connectivity index (χ4n) is 3.20. The van der Waals surface area contributed by atoms with E-state index in [2.05, 4.69) is 98.3 Å². The summed E-state index contributed by atoms with van der Waals surface area (Å²) < 4.78 is 0. The van der Waals surface area contributed by atoms with E-state index in [1.807, 2.05) is 0 Å². The van der Waals surface area contributed by atoms with Crippen LogP contribution in [0.4, 0.5) is 0 Å². The monoisotopic (exact) mass is 333 g/mol. The Bertz CT molecular complexity index is 810. The van der Waals surface area contributed by atoms with Gasteiger partial charge in [-0.05, 0) is 28.9 Å². The molecule has 0 unspecified atom stereocenters. The van der Waals surface area contributed by atoms with Crippen molar-refractivity contribution in [2.45, 2.75) is 32.7 Å². The summed E-state index contributed by atoms with van der Waals surface area (Å²) in [5, 5.41) is 4.21. The molecule has 0 aliphatic carbocycles. The van der Waals surface area contributed by atoms with Crippen molar-refractivity contribution in [1.29, 1.82) is 0 Å². The van der Waals surface area contributed by atoms with E-state index in [1.165, 1.54) is 27.1 Å². The van der Waals surface area contributed by atoms with Gasteiger partial charge in [0, 0.05) is 13.1 Å². The molecule has 3 rings (SSSR count). The lowest BCUT2D eigenvalue weighted by molar-refractivity contribution is 0.320. The normalized spacial score (nSPS) is 12.0. The van der Waals surface area contributed by atoms with Gasteiger partial charge >= 0.3 is 0 Å². The van der Waals surface area contributed by atoms with Crippen molar-refractivity contribution >= 4 is 24.0 Å². The van der Waals surface area contributed by atoms with Crippen molar-refractivity contribution < 1.29 is 0 Å². The first-order chi connectivity index (χ1) is 11.4. The maximum Gasteiger partial charge on any atom is 0.0775 e. The minimum Gasteiger partial charge on any atom is -0.298 e. The minimum atomic E-state index is -1.20. The third-order valence-corrected chi connectivity index (χ3v) is 6.66. The number of hydrogen-bond acceptors (Lipinski definition) is 1. The van der Waals surface area contributed by atoms with Crippen LogP contribution in [0, 0.1) is 0 Å². The molecule has 0 radical (unpaired) electrons. The second-order valence-electron chi connectivity index (χ2n) is 7.76. The predicted octanol–water partition coefficient (Wildman–Crippen LogP) is 5.02. The molecular formula is C22H27NSi. The molecular weight excluding hydrogens is 306 g/mol. The molecule has 3 aromatic rings.